The van der Waals surface area contributed by atoms with Gasteiger partial charge in [0.1, 0.15) is 24.5 Å². The quantitative estimate of drug-likeness (QED) is 0.0524. The number of carbonyl (C=O) groups is 4. The van der Waals surface area contributed by atoms with Crippen LogP contribution in [0.25, 0.3) is 10.9 Å². The number of aromatic nitrogens is 1. The number of hydrogen-bond donors (Lipinski definition) is 8. The predicted molar refractivity (Wildman–Crippen MR) is 180 cm³/mol. The summed E-state index contributed by atoms with van der Waals surface area (Å²) >= 11 is 0. The molecule has 3 aromatic rings. The van der Waals surface area contributed by atoms with E-state index in [1.54, 1.807) is 12.4 Å². The molecule has 1 unspecified atom stereocenters. The van der Waals surface area contributed by atoms with Gasteiger partial charge in [-0.1, -0.05) is 48.5 Å². The number of guanidine groups is 1. The average molecular weight is 644 g/mol. The van der Waals surface area contributed by atoms with Crippen LogP contribution in [0.15, 0.2) is 75.8 Å². The number of primary amides is 1. The molecule has 15 nitrogen and oxygen atoms in total. The van der Waals surface area contributed by atoms with Crippen molar-refractivity contribution in [3.63, 3.8) is 0 Å². The highest BCUT2D eigenvalue weighted by Crippen LogP contribution is 2.19. The molecular formula is C32H41N11O4. The normalized spacial score (nSPS) is 16.1. The van der Waals surface area contributed by atoms with Crippen LogP contribution in [0.1, 0.15) is 30.4 Å². The van der Waals surface area contributed by atoms with Gasteiger partial charge >= 0.3 is 0 Å². The summed E-state index contributed by atoms with van der Waals surface area (Å²) in [6, 6.07) is 12.1. The van der Waals surface area contributed by atoms with Gasteiger partial charge in [-0.15, -0.1) is 0 Å². The van der Waals surface area contributed by atoms with Crippen molar-refractivity contribution in [3.8, 4) is 0 Å². The van der Waals surface area contributed by atoms with E-state index < -0.39 is 47.8 Å². The summed E-state index contributed by atoms with van der Waals surface area (Å²) in [5, 5.41) is 9.08. The van der Waals surface area contributed by atoms with E-state index in [1.807, 2.05) is 54.6 Å². The van der Waals surface area contributed by atoms with Gasteiger partial charge in [-0.25, -0.2) is 4.99 Å². The zero-order valence-corrected chi connectivity index (χ0v) is 25.8. The number of rotatable bonds is 17. The molecular weight excluding hydrogens is 602 g/mol. The van der Waals surface area contributed by atoms with Crippen LogP contribution in [0.2, 0.25) is 0 Å². The molecule has 1 aliphatic rings. The highest BCUT2D eigenvalue weighted by molar-refractivity contribution is 5.95. The number of nitrogens with two attached hydrogens (primary N) is 4. The number of hydrogen-bond acceptors (Lipinski definition) is 8. The molecule has 0 aliphatic carbocycles. The zero-order valence-electron chi connectivity index (χ0n) is 25.8. The van der Waals surface area contributed by atoms with E-state index in [9.17, 15) is 19.2 Å². The molecule has 248 valence electrons. The number of carbonyl (C=O) groups excluding carboxylic acids is 4. The second-order valence-electron chi connectivity index (χ2n) is 11.3. The van der Waals surface area contributed by atoms with Crippen molar-refractivity contribution in [1.82, 2.24) is 20.9 Å². The fourth-order valence-electron chi connectivity index (χ4n) is 5.19. The van der Waals surface area contributed by atoms with Crippen LogP contribution in [-0.4, -0.2) is 83.9 Å². The first-order valence-electron chi connectivity index (χ1n) is 15.3. The summed E-state index contributed by atoms with van der Waals surface area (Å²) in [7, 11) is 0. The van der Waals surface area contributed by atoms with Crippen molar-refractivity contribution < 1.29 is 19.2 Å². The predicted octanol–water partition coefficient (Wildman–Crippen LogP) is -0.855. The van der Waals surface area contributed by atoms with Crippen molar-refractivity contribution in [2.24, 2.45) is 37.9 Å². The number of fused-ring (bicyclic) bond motifs is 1. The highest BCUT2D eigenvalue weighted by Gasteiger charge is 2.31. The summed E-state index contributed by atoms with van der Waals surface area (Å²) in [6.45, 7) is 0.197. The molecule has 47 heavy (non-hydrogen) atoms. The summed E-state index contributed by atoms with van der Waals surface area (Å²) in [5.74, 6) is -2.67. The van der Waals surface area contributed by atoms with Gasteiger partial charge in [-0.05, 0) is 36.5 Å². The van der Waals surface area contributed by atoms with Crippen molar-refractivity contribution in [2.45, 2.75) is 62.3 Å². The third-order valence-electron chi connectivity index (χ3n) is 7.67. The minimum atomic E-state index is -1.12. The Morgan fingerprint density at radius 2 is 1.53 bits per heavy atom. The van der Waals surface area contributed by atoms with E-state index >= 15 is 0 Å². The molecule has 0 fully saturated rings. The maximum atomic E-state index is 13.8. The summed E-state index contributed by atoms with van der Waals surface area (Å²) in [5.41, 5.74) is 25.2. The lowest BCUT2D eigenvalue weighted by atomic mass is 10.0. The van der Waals surface area contributed by atoms with E-state index in [0.717, 1.165) is 22.0 Å². The number of nitrogens with one attached hydrogen (secondary N) is 4. The SMILES string of the molecule is NC(=O)[C@H](Cc1c[nH]c2ccccc12)NC(=O)[C@H](CCCN=C(N)N)NC(=O)[C@@H](Cc1ccccc1)NC(=O)[C@@H](N)CC1C=NC=N1. The molecule has 0 bridgehead atoms. The Bertz CT molecular complexity index is 1620. The fraction of sp³-hybridized carbons (Fsp3) is 0.344. The number of amides is 4. The molecule has 12 N–H and O–H groups in total. The van der Waals surface area contributed by atoms with Crippen LogP contribution in [-0.2, 0) is 32.0 Å². The van der Waals surface area contributed by atoms with Crippen LogP contribution in [0.4, 0.5) is 0 Å². The largest absolute Gasteiger partial charge is 0.370 e. The van der Waals surface area contributed by atoms with E-state index in [-0.39, 0.29) is 44.2 Å². The van der Waals surface area contributed by atoms with Gasteiger partial charge in [-0.3, -0.25) is 29.2 Å². The van der Waals surface area contributed by atoms with Crippen LogP contribution >= 0.6 is 0 Å². The molecule has 5 atom stereocenters. The summed E-state index contributed by atoms with van der Waals surface area (Å²) < 4.78 is 0. The van der Waals surface area contributed by atoms with Crippen LogP contribution in [0.5, 0.6) is 0 Å². The molecule has 4 amide bonds. The smallest absolute Gasteiger partial charge is 0.243 e. The second kappa shape index (κ2) is 16.7. The number of aromatic amines is 1. The number of benzene rings is 2. The van der Waals surface area contributed by atoms with E-state index in [1.165, 1.54) is 6.34 Å². The first kappa shape index (κ1) is 34.3. The first-order chi connectivity index (χ1) is 22.6. The van der Waals surface area contributed by atoms with E-state index in [2.05, 4.69) is 35.9 Å². The number of nitrogens with zero attached hydrogens (tertiary/aromatic N) is 3. The molecule has 2 heterocycles. The van der Waals surface area contributed by atoms with Gasteiger partial charge in [0, 0.05) is 42.7 Å². The first-order valence-corrected chi connectivity index (χ1v) is 15.3. The van der Waals surface area contributed by atoms with Gasteiger partial charge < -0.3 is 43.9 Å². The zero-order chi connectivity index (χ0) is 33.8. The highest BCUT2D eigenvalue weighted by atomic mass is 16.2. The summed E-state index contributed by atoms with van der Waals surface area (Å²) in [4.78, 5) is 68.2. The third-order valence-corrected chi connectivity index (χ3v) is 7.67. The Kier molecular flexibility index (Phi) is 12.2. The summed E-state index contributed by atoms with van der Waals surface area (Å²) in [6.07, 6.45) is 5.64. The maximum absolute atomic E-state index is 13.8. The molecule has 0 spiro atoms. The van der Waals surface area contributed by atoms with Gasteiger partial charge in [0.15, 0.2) is 5.96 Å². The Labute approximate surface area is 271 Å². The van der Waals surface area contributed by atoms with Gasteiger partial charge in [0.25, 0.3) is 0 Å². The minimum absolute atomic E-state index is 0.112. The van der Waals surface area contributed by atoms with Crippen LogP contribution in [0, 0.1) is 0 Å². The lowest BCUT2D eigenvalue weighted by Gasteiger charge is -2.26. The molecule has 0 radical (unpaired) electrons. The van der Waals surface area contributed by atoms with Crippen molar-refractivity contribution in [2.75, 3.05) is 6.54 Å². The molecule has 2 aromatic carbocycles. The van der Waals surface area contributed by atoms with Crippen LogP contribution < -0.4 is 38.9 Å². The number of H-pyrrole nitrogens is 1. The average Bonchev–Trinajstić information content (AvgIpc) is 3.72. The Morgan fingerprint density at radius 1 is 0.851 bits per heavy atom. The Morgan fingerprint density at radius 3 is 2.23 bits per heavy atom. The minimum Gasteiger partial charge on any atom is -0.370 e. The standard InChI is InChI=1S/C32H41N11O4/c33-23(15-21-17-37-18-40-21)29(45)43-27(13-19-7-2-1-3-8-19)31(47)41-25(11-6-12-38-32(35)36)30(46)42-26(28(34)44)14-20-16-39-24-10-5-4-9-22(20)24/h1-5,7-10,16-18,21,23,25-27,39H,6,11-15,33H2,(H2,34,44)(H,41,47)(H,42,46)(H,43,45)(H4,35,36,38)/t21?,23-,25-,26-,27+/m0/s1. The van der Waals surface area contributed by atoms with E-state index in [0.29, 0.717) is 6.42 Å². The Balaban J connectivity index is 1.50. The van der Waals surface area contributed by atoms with Gasteiger partial charge in [0.2, 0.25) is 23.6 Å². The van der Waals surface area contributed by atoms with Crippen molar-refractivity contribution in [3.05, 3.63) is 71.9 Å². The fourth-order valence-corrected chi connectivity index (χ4v) is 5.19. The molecule has 1 aliphatic heterocycles. The monoisotopic (exact) mass is 643 g/mol. The molecule has 0 saturated carbocycles. The number of para-hydroxylation sites is 1. The molecule has 0 saturated heterocycles. The number of aliphatic imine (C=N–C) groups is 3. The van der Waals surface area contributed by atoms with E-state index in [4.69, 9.17) is 22.9 Å². The molecule has 15 heteroatoms. The molecule has 4 rings (SSSR count). The lowest BCUT2D eigenvalue weighted by molar-refractivity contribution is -0.133. The van der Waals surface area contributed by atoms with Crippen molar-refractivity contribution in [1.29, 1.82) is 0 Å². The lowest BCUT2D eigenvalue weighted by Crippen LogP contribution is -2.58. The van der Waals surface area contributed by atoms with Crippen LogP contribution in [0.3, 0.4) is 0 Å². The maximum Gasteiger partial charge on any atom is 0.243 e. The van der Waals surface area contributed by atoms with Gasteiger partial charge in [0.05, 0.1) is 12.1 Å². The Hall–Kier alpha value is -5.57. The topological polar surface area (TPSA) is 261 Å². The third kappa shape index (κ3) is 10.2. The second-order valence-corrected chi connectivity index (χ2v) is 11.3. The van der Waals surface area contributed by atoms with Crippen molar-refractivity contribution >= 4 is 53.0 Å². The van der Waals surface area contributed by atoms with Gasteiger partial charge in [-0.2, -0.15) is 0 Å². The molecule has 1 aromatic heterocycles.